The molecule has 2 fully saturated rings. The molecule has 1 aromatic rings. The number of likely N-dealkylation sites (N-methyl/N-ethyl adjacent to an activating group) is 1. The fraction of sp³-hybridized carbons (Fsp3) is 0.800. The molecule has 2 aliphatic rings. The van der Waals surface area contributed by atoms with E-state index in [-0.39, 0.29) is 5.41 Å². The van der Waals surface area contributed by atoms with E-state index in [4.69, 9.17) is 0 Å². The van der Waals surface area contributed by atoms with Crippen molar-refractivity contribution in [1.82, 2.24) is 19.8 Å². The Morgan fingerprint density at radius 2 is 2.30 bits per heavy atom. The van der Waals surface area contributed by atoms with E-state index < -0.39 is 0 Å². The summed E-state index contributed by atoms with van der Waals surface area (Å²) in [6, 6.07) is 0.478. The molecule has 3 heterocycles. The first-order valence-electron chi connectivity index (χ1n) is 7.67. The van der Waals surface area contributed by atoms with Gasteiger partial charge in [0, 0.05) is 29.9 Å². The second-order valence-corrected chi connectivity index (χ2v) is 6.62. The van der Waals surface area contributed by atoms with Gasteiger partial charge in [-0.3, -0.25) is 4.90 Å². The number of nitrogens with one attached hydrogen (secondary N) is 1. The van der Waals surface area contributed by atoms with Crippen LogP contribution in [0.4, 0.5) is 0 Å². The number of imidazole rings is 1. The average molecular weight is 278 g/mol. The normalized spacial score (nSPS) is 32.2. The minimum absolute atomic E-state index is 0.128. The second-order valence-electron chi connectivity index (χ2n) is 6.62. The van der Waals surface area contributed by atoms with Gasteiger partial charge < -0.3 is 15.0 Å². The summed E-state index contributed by atoms with van der Waals surface area (Å²) in [5.74, 6) is 1.05. The third kappa shape index (κ3) is 2.50. The Morgan fingerprint density at radius 3 is 3.00 bits per heavy atom. The Labute approximate surface area is 121 Å². The predicted octanol–water partition coefficient (Wildman–Crippen LogP) is 0.997. The third-order valence-electron chi connectivity index (χ3n) is 5.23. The van der Waals surface area contributed by atoms with E-state index in [1.165, 1.54) is 12.8 Å². The van der Waals surface area contributed by atoms with Crippen LogP contribution in [0.5, 0.6) is 0 Å². The molecule has 112 valence electrons. The maximum Gasteiger partial charge on any atom is 0.120 e. The van der Waals surface area contributed by atoms with Crippen molar-refractivity contribution in [2.24, 2.45) is 5.41 Å². The van der Waals surface area contributed by atoms with E-state index in [0.717, 1.165) is 44.1 Å². The molecular formula is C15H26N4O. The first-order chi connectivity index (χ1) is 9.63. The van der Waals surface area contributed by atoms with Crippen LogP contribution in [0.1, 0.15) is 30.8 Å². The summed E-state index contributed by atoms with van der Waals surface area (Å²) in [6.07, 6.45) is 5.37. The van der Waals surface area contributed by atoms with E-state index >= 15 is 0 Å². The molecule has 0 radical (unpaired) electrons. The highest BCUT2D eigenvalue weighted by atomic mass is 16.3. The van der Waals surface area contributed by atoms with Crippen LogP contribution in [0.15, 0.2) is 6.20 Å². The van der Waals surface area contributed by atoms with Crippen molar-refractivity contribution in [3.8, 4) is 0 Å². The lowest BCUT2D eigenvalue weighted by Crippen LogP contribution is -2.61. The van der Waals surface area contributed by atoms with Gasteiger partial charge in [0.1, 0.15) is 5.82 Å². The van der Waals surface area contributed by atoms with Gasteiger partial charge in [0.05, 0.1) is 13.2 Å². The lowest BCUT2D eigenvalue weighted by molar-refractivity contribution is -0.0688. The van der Waals surface area contributed by atoms with Crippen molar-refractivity contribution in [2.45, 2.75) is 38.8 Å². The van der Waals surface area contributed by atoms with Gasteiger partial charge in [0.15, 0.2) is 0 Å². The molecule has 0 spiro atoms. The van der Waals surface area contributed by atoms with Crippen LogP contribution >= 0.6 is 0 Å². The van der Waals surface area contributed by atoms with E-state index in [9.17, 15) is 5.11 Å². The summed E-state index contributed by atoms with van der Waals surface area (Å²) in [7, 11) is 2.20. The number of aromatic amines is 1. The lowest BCUT2D eigenvalue weighted by atomic mass is 9.69. The van der Waals surface area contributed by atoms with Gasteiger partial charge in [-0.1, -0.05) is 0 Å². The molecule has 20 heavy (non-hydrogen) atoms. The topological polar surface area (TPSA) is 55.4 Å². The summed E-state index contributed by atoms with van der Waals surface area (Å²) in [5, 5.41) is 9.91. The monoisotopic (exact) mass is 278 g/mol. The second kappa shape index (κ2) is 5.47. The maximum atomic E-state index is 9.91. The SMILES string of the molecule is Cc1cnc(CN2CC[C@@]3(CO)CCCN(C)[C@@H]3C2)[nH]1. The molecule has 0 bridgehead atoms. The molecule has 2 aliphatic heterocycles. The number of hydrogen-bond acceptors (Lipinski definition) is 4. The van der Waals surface area contributed by atoms with Gasteiger partial charge in [-0.2, -0.15) is 0 Å². The van der Waals surface area contributed by atoms with Gasteiger partial charge in [-0.05, 0) is 46.3 Å². The molecule has 2 atom stereocenters. The Kier molecular flexibility index (Phi) is 3.84. The van der Waals surface area contributed by atoms with Gasteiger partial charge in [0.2, 0.25) is 0 Å². The van der Waals surface area contributed by atoms with Crippen molar-refractivity contribution in [2.75, 3.05) is 33.3 Å². The fourth-order valence-electron chi connectivity index (χ4n) is 3.98. The number of likely N-dealkylation sites (tertiary alicyclic amines) is 2. The fourth-order valence-corrected chi connectivity index (χ4v) is 3.98. The number of rotatable bonds is 3. The molecule has 2 N–H and O–H groups in total. The van der Waals surface area contributed by atoms with Gasteiger partial charge in [0.25, 0.3) is 0 Å². The number of hydrogen-bond donors (Lipinski definition) is 2. The molecule has 0 unspecified atom stereocenters. The Bertz CT molecular complexity index is 460. The van der Waals surface area contributed by atoms with E-state index in [1.807, 2.05) is 13.1 Å². The highest BCUT2D eigenvalue weighted by Gasteiger charge is 2.46. The molecule has 1 aromatic heterocycles. The van der Waals surface area contributed by atoms with Crippen molar-refractivity contribution < 1.29 is 5.11 Å². The molecule has 0 amide bonds. The first-order valence-corrected chi connectivity index (χ1v) is 7.67. The lowest BCUT2D eigenvalue weighted by Gasteiger charge is -2.53. The van der Waals surface area contributed by atoms with Gasteiger partial charge in [-0.25, -0.2) is 4.98 Å². The van der Waals surface area contributed by atoms with Crippen molar-refractivity contribution in [3.05, 3.63) is 17.7 Å². The van der Waals surface area contributed by atoms with E-state index in [2.05, 4.69) is 26.8 Å². The zero-order chi connectivity index (χ0) is 14.2. The summed E-state index contributed by atoms with van der Waals surface area (Å²) in [5.41, 5.74) is 1.25. The highest BCUT2D eigenvalue weighted by molar-refractivity contribution is 5.02. The number of fused-ring (bicyclic) bond motifs is 1. The standard InChI is InChI=1S/C15H26N4O/c1-12-8-16-14(17-12)10-19-7-5-15(11-20)4-3-6-18(2)13(15)9-19/h8,13,20H,3-7,9-11H2,1-2H3,(H,16,17)/t13-,15-/m1/s1. The Balaban J connectivity index is 1.69. The van der Waals surface area contributed by atoms with Crippen LogP contribution in [0.3, 0.4) is 0 Å². The number of H-pyrrole nitrogens is 1. The summed E-state index contributed by atoms with van der Waals surface area (Å²) < 4.78 is 0. The maximum absolute atomic E-state index is 9.91. The van der Waals surface area contributed by atoms with Gasteiger partial charge >= 0.3 is 0 Å². The van der Waals surface area contributed by atoms with Gasteiger partial charge in [-0.15, -0.1) is 0 Å². The van der Waals surface area contributed by atoms with E-state index in [0.29, 0.717) is 12.6 Å². The Hall–Kier alpha value is -0.910. The number of aliphatic hydroxyl groups is 1. The minimum Gasteiger partial charge on any atom is -0.396 e. The molecule has 0 aliphatic carbocycles. The number of aliphatic hydroxyl groups excluding tert-OH is 1. The Morgan fingerprint density at radius 1 is 1.45 bits per heavy atom. The minimum atomic E-state index is 0.128. The molecule has 0 saturated carbocycles. The van der Waals surface area contributed by atoms with E-state index in [1.54, 1.807) is 0 Å². The molecule has 3 rings (SSSR count). The smallest absolute Gasteiger partial charge is 0.120 e. The summed E-state index contributed by atoms with van der Waals surface area (Å²) >= 11 is 0. The summed E-state index contributed by atoms with van der Waals surface area (Å²) in [4.78, 5) is 12.6. The predicted molar refractivity (Wildman–Crippen MR) is 78.4 cm³/mol. The van der Waals surface area contributed by atoms with Crippen LogP contribution in [0, 0.1) is 12.3 Å². The van der Waals surface area contributed by atoms with Crippen LogP contribution < -0.4 is 0 Å². The van der Waals surface area contributed by atoms with Crippen LogP contribution in [0.25, 0.3) is 0 Å². The quantitative estimate of drug-likeness (QED) is 0.866. The molecule has 5 nitrogen and oxygen atoms in total. The largest absolute Gasteiger partial charge is 0.396 e. The molecular weight excluding hydrogens is 252 g/mol. The molecule has 2 saturated heterocycles. The first kappa shape index (κ1) is 14.0. The third-order valence-corrected chi connectivity index (χ3v) is 5.23. The van der Waals surface area contributed by atoms with Crippen molar-refractivity contribution in [3.63, 3.8) is 0 Å². The van der Waals surface area contributed by atoms with Crippen molar-refractivity contribution >= 4 is 0 Å². The highest BCUT2D eigenvalue weighted by Crippen LogP contribution is 2.41. The molecule has 5 heteroatoms. The molecule has 0 aromatic carbocycles. The average Bonchev–Trinajstić information content (AvgIpc) is 2.85. The number of nitrogens with zero attached hydrogens (tertiary/aromatic N) is 3. The summed E-state index contributed by atoms with van der Waals surface area (Å²) in [6.45, 7) is 6.51. The van der Waals surface area contributed by atoms with Crippen LogP contribution in [0.2, 0.25) is 0 Å². The van der Waals surface area contributed by atoms with Crippen LogP contribution in [-0.2, 0) is 6.54 Å². The number of piperidine rings is 2. The number of aromatic nitrogens is 2. The van der Waals surface area contributed by atoms with Crippen molar-refractivity contribution in [1.29, 1.82) is 0 Å². The number of aryl methyl sites for hydroxylation is 1. The zero-order valence-electron chi connectivity index (χ0n) is 12.6. The zero-order valence-corrected chi connectivity index (χ0v) is 12.6. The van der Waals surface area contributed by atoms with Crippen LogP contribution in [-0.4, -0.2) is 64.2 Å².